The van der Waals surface area contributed by atoms with E-state index in [1.54, 1.807) is 0 Å². The third-order valence-corrected chi connectivity index (χ3v) is 7.35. The molecule has 0 saturated heterocycles. The molecule has 4 N–H and O–H groups in total. The lowest BCUT2D eigenvalue weighted by atomic mass is 10.0. The van der Waals surface area contributed by atoms with Crippen LogP contribution in [0.3, 0.4) is 0 Å². The van der Waals surface area contributed by atoms with Crippen LogP contribution in [0.15, 0.2) is 72.8 Å². The van der Waals surface area contributed by atoms with E-state index in [9.17, 15) is 9.90 Å². The maximum absolute atomic E-state index is 12.2. The molecule has 232 valence electrons. The zero-order valence-electron chi connectivity index (χ0n) is 25.6. The smallest absolute Gasteiger partial charge is 0.323 e. The average Bonchev–Trinajstić information content (AvgIpc) is 2.99. The van der Waals surface area contributed by atoms with Crippen molar-refractivity contribution in [2.45, 2.75) is 77.3 Å². The van der Waals surface area contributed by atoms with E-state index in [-0.39, 0.29) is 6.03 Å². The SMILES string of the molecule is CC1(C)OCc2cc([C@H](O)CNCCCCCCOCCCCc3cccc(NC(=O)Nc4ccccc4)c3)ccc2O1. The number of benzene rings is 3. The lowest BCUT2D eigenvalue weighted by molar-refractivity contribution is -0.180. The molecular formula is C35H47N3O5. The Morgan fingerprint density at radius 1 is 0.884 bits per heavy atom. The summed E-state index contributed by atoms with van der Waals surface area (Å²) in [6, 6.07) is 23.0. The van der Waals surface area contributed by atoms with Crippen LogP contribution in [0, 0.1) is 0 Å². The summed E-state index contributed by atoms with van der Waals surface area (Å²) in [4.78, 5) is 12.2. The summed E-state index contributed by atoms with van der Waals surface area (Å²) in [5.41, 5.74) is 4.61. The number of fused-ring (bicyclic) bond motifs is 1. The third-order valence-electron chi connectivity index (χ3n) is 7.35. The fourth-order valence-corrected chi connectivity index (χ4v) is 4.98. The summed E-state index contributed by atoms with van der Waals surface area (Å²) >= 11 is 0. The first-order valence-electron chi connectivity index (χ1n) is 15.5. The van der Waals surface area contributed by atoms with Crippen LogP contribution in [0.5, 0.6) is 5.75 Å². The minimum Gasteiger partial charge on any atom is -0.463 e. The molecule has 0 saturated carbocycles. The minimum absolute atomic E-state index is 0.246. The number of ether oxygens (including phenoxy) is 3. The Morgan fingerprint density at radius 2 is 1.63 bits per heavy atom. The van der Waals surface area contributed by atoms with Crippen molar-refractivity contribution in [2.24, 2.45) is 0 Å². The number of carbonyl (C=O) groups is 1. The predicted octanol–water partition coefficient (Wildman–Crippen LogP) is 7.20. The number of urea groups is 1. The molecule has 0 fully saturated rings. The molecule has 3 aromatic carbocycles. The van der Waals surface area contributed by atoms with Crippen LogP contribution in [-0.4, -0.2) is 43.2 Å². The molecule has 1 aliphatic heterocycles. The summed E-state index contributed by atoms with van der Waals surface area (Å²) in [7, 11) is 0. The molecule has 8 heteroatoms. The number of aryl methyl sites for hydroxylation is 1. The van der Waals surface area contributed by atoms with Crippen LogP contribution in [0.25, 0.3) is 0 Å². The van der Waals surface area contributed by atoms with E-state index in [0.29, 0.717) is 13.2 Å². The largest absolute Gasteiger partial charge is 0.463 e. The summed E-state index contributed by atoms with van der Waals surface area (Å²) in [5, 5.41) is 19.7. The first-order chi connectivity index (χ1) is 20.9. The Morgan fingerprint density at radius 3 is 2.47 bits per heavy atom. The summed E-state index contributed by atoms with van der Waals surface area (Å²) < 4.78 is 17.4. The Hall–Kier alpha value is -3.43. The first-order valence-corrected chi connectivity index (χ1v) is 15.5. The summed E-state index contributed by atoms with van der Waals surface area (Å²) in [6.07, 6.45) is 6.89. The van der Waals surface area contributed by atoms with Crippen molar-refractivity contribution < 1.29 is 24.1 Å². The average molecular weight is 590 g/mol. The molecule has 43 heavy (non-hydrogen) atoms. The van der Waals surface area contributed by atoms with Crippen LogP contribution >= 0.6 is 0 Å². The third kappa shape index (κ3) is 11.6. The van der Waals surface area contributed by atoms with Gasteiger partial charge in [0.1, 0.15) is 5.75 Å². The van der Waals surface area contributed by atoms with Crippen molar-refractivity contribution in [1.82, 2.24) is 5.32 Å². The van der Waals surface area contributed by atoms with Crippen LogP contribution < -0.4 is 20.7 Å². The van der Waals surface area contributed by atoms with Gasteiger partial charge in [0.25, 0.3) is 0 Å². The van der Waals surface area contributed by atoms with Gasteiger partial charge < -0.3 is 35.3 Å². The maximum atomic E-state index is 12.2. The van der Waals surface area contributed by atoms with E-state index in [0.717, 1.165) is 93.0 Å². The van der Waals surface area contributed by atoms with Crippen molar-refractivity contribution in [3.63, 3.8) is 0 Å². The molecule has 1 heterocycles. The number of rotatable bonds is 17. The number of hydrogen-bond acceptors (Lipinski definition) is 6. The van der Waals surface area contributed by atoms with Gasteiger partial charge in [-0.25, -0.2) is 4.79 Å². The van der Waals surface area contributed by atoms with Gasteiger partial charge in [0.15, 0.2) is 0 Å². The monoisotopic (exact) mass is 589 g/mol. The lowest BCUT2D eigenvalue weighted by Crippen LogP contribution is -2.35. The van der Waals surface area contributed by atoms with E-state index in [1.807, 2.05) is 80.6 Å². The number of para-hydroxylation sites is 1. The second kappa shape index (κ2) is 17.0. The fraction of sp³-hybridized carbons (Fsp3) is 0.457. The normalized spacial score (nSPS) is 14.4. The van der Waals surface area contributed by atoms with E-state index in [1.165, 1.54) is 5.56 Å². The van der Waals surface area contributed by atoms with Crippen molar-refractivity contribution >= 4 is 17.4 Å². The van der Waals surface area contributed by atoms with Crippen molar-refractivity contribution in [3.05, 3.63) is 89.5 Å². The molecule has 0 aromatic heterocycles. The number of carbonyl (C=O) groups excluding carboxylic acids is 1. The van der Waals surface area contributed by atoms with Crippen molar-refractivity contribution in [2.75, 3.05) is 36.9 Å². The van der Waals surface area contributed by atoms with Gasteiger partial charge in [0.05, 0.1) is 12.7 Å². The number of amides is 2. The molecule has 8 nitrogen and oxygen atoms in total. The van der Waals surface area contributed by atoms with E-state index < -0.39 is 11.9 Å². The second-order valence-electron chi connectivity index (χ2n) is 11.5. The molecule has 1 atom stereocenters. The molecule has 0 unspecified atom stereocenters. The highest BCUT2D eigenvalue weighted by molar-refractivity contribution is 5.99. The number of nitrogens with one attached hydrogen (secondary N) is 3. The van der Waals surface area contributed by atoms with Crippen molar-refractivity contribution in [3.8, 4) is 5.75 Å². The van der Waals surface area contributed by atoms with Gasteiger partial charge in [0, 0.05) is 50.5 Å². The molecule has 4 rings (SSSR count). The fourth-order valence-electron chi connectivity index (χ4n) is 4.98. The van der Waals surface area contributed by atoms with Gasteiger partial charge in [0.2, 0.25) is 5.79 Å². The lowest BCUT2D eigenvalue weighted by Gasteiger charge is -2.33. The topological polar surface area (TPSA) is 101 Å². The van der Waals surface area contributed by atoms with Crippen LogP contribution in [0.2, 0.25) is 0 Å². The Kier molecular flexibility index (Phi) is 12.9. The highest BCUT2D eigenvalue weighted by atomic mass is 16.7. The molecule has 1 aliphatic rings. The predicted molar refractivity (Wildman–Crippen MR) is 172 cm³/mol. The highest BCUT2D eigenvalue weighted by Gasteiger charge is 2.27. The second-order valence-corrected chi connectivity index (χ2v) is 11.5. The summed E-state index contributed by atoms with van der Waals surface area (Å²) in [5.74, 6) is 0.214. The van der Waals surface area contributed by atoms with Gasteiger partial charge >= 0.3 is 6.03 Å². The van der Waals surface area contributed by atoms with Crippen LogP contribution in [0.4, 0.5) is 16.2 Å². The van der Waals surface area contributed by atoms with E-state index in [4.69, 9.17) is 14.2 Å². The van der Waals surface area contributed by atoms with Gasteiger partial charge in [-0.05, 0) is 86.2 Å². The molecule has 0 radical (unpaired) electrons. The van der Waals surface area contributed by atoms with E-state index in [2.05, 4.69) is 22.0 Å². The van der Waals surface area contributed by atoms with Crippen LogP contribution in [-0.2, 0) is 22.5 Å². The Labute approximate surface area is 256 Å². The summed E-state index contributed by atoms with van der Waals surface area (Å²) in [6.45, 7) is 7.27. The quantitative estimate of drug-likeness (QED) is 0.124. The van der Waals surface area contributed by atoms with Crippen LogP contribution in [0.1, 0.15) is 75.2 Å². The number of anilines is 2. The Bertz CT molecular complexity index is 1270. The number of hydrogen-bond donors (Lipinski definition) is 4. The first kappa shape index (κ1) is 32.5. The van der Waals surface area contributed by atoms with E-state index >= 15 is 0 Å². The zero-order valence-corrected chi connectivity index (χ0v) is 25.6. The molecule has 2 amide bonds. The zero-order chi connectivity index (χ0) is 30.3. The number of unbranched alkanes of at least 4 members (excludes halogenated alkanes) is 4. The highest BCUT2D eigenvalue weighted by Crippen LogP contribution is 2.32. The Balaban J connectivity index is 0.970. The van der Waals surface area contributed by atoms with Crippen molar-refractivity contribution in [1.29, 1.82) is 0 Å². The maximum Gasteiger partial charge on any atom is 0.323 e. The molecule has 0 aliphatic carbocycles. The minimum atomic E-state index is -0.612. The molecule has 0 bridgehead atoms. The standard InChI is InChI=1S/C35H47N3O5/c1-35(2)42-26-29-24-28(18-19-33(29)43-35)32(39)25-36-20-9-3-4-10-21-41-22-11-8-13-27-14-12-17-31(23-27)38-34(40)37-30-15-6-5-7-16-30/h5-7,12,14-19,23-24,32,36,39H,3-4,8-11,13,20-22,25-26H2,1-2H3,(H2,37,38,40)/t32-/m1/s1. The molecule has 3 aromatic rings. The molecular weight excluding hydrogens is 542 g/mol. The van der Waals surface area contributed by atoms with Gasteiger partial charge in [-0.2, -0.15) is 0 Å². The molecule has 0 spiro atoms. The van der Waals surface area contributed by atoms with Gasteiger partial charge in [-0.3, -0.25) is 0 Å². The van der Waals surface area contributed by atoms with Gasteiger partial charge in [-0.1, -0.05) is 49.2 Å². The van der Waals surface area contributed by atoms with Gasteiger partial charge in [-0.15, -0.1) is 0 Å². The number of aliphatic hydroxyl groups excluding tert-OH is 1. The number of aliphatic hydroxyl groups is 1.